The number of halogens is 2. The van der Waals surface area contributed by atoms with Crippen LogP contribution in [0.25, 0.3) is 0 Å². The van der Waals surface area contributed by atoms with E-state index in [1.54, 1.807) is 0 Å². The van der Waals surface area contributed by atoms with Crippen LogP contribution < -0.4 is 0 Å². The van der Waals surface area contributed by atoms with Crippen LogP contribution in [-0.2, 0) is 19.0 Å². The standard InChI is InChI=1S/C29H44Br2O5/c1-14-10-22(30)29(34-13-14)15(2)23-21(36-29)12-20-19-7-6-17-11-18(35-16(3)32)8-9-27(17,4)24(19)25(31)26(33)28(20,23)5/h14-15,17-26,33H,6-13H2,1-5H3/t14-,15+,17+,18+,19-,20+,21+,22+,23+,24-,25+,26-,27+,28+,29+/m1/s1. The van der Waals surface area contributed by atoms with E-state index in [-0.39, 0.29) is 50.5 Å². The highest BCUT2D eigenvalue weighted by Gasteiger charge is 2.74. The molecule has 36 heavy (non-hydrogen) atoms. The molecule has 0 amide bonds. The highest BCUT2D eigenvalue weighted by molar-refractivity contribution is 9.09. The number of hydrogen-bond acceptors (Lipinski definition) is 5. The van der Waals surface area contributed by atoms with Crippen molar-refractivity contribution in [2.75, 3.05) is 6.61 Å². The lowest BCUT2D eigenvalue weighted by Gasteiger charge is -2.64. The average Bonchev–Trinajstić information content (AvgIpc) is 3.26. The Morgan fingerprint density at radius 1 is 1.06 bits per heavy atom. The van der Waals surface area contributed by atoms with Crippen LogP contribution in [0.5, 0.6) is 0 Å². The molecule has 0 aromatic heterocycles. The van der Waals surface area contributed by atoms with Crippen molar-refractivity contribution in [1.29, 1.82) is 0 Å². The summed E-state index contributed by atoms with van der Waals surface area (Å²) >= 11 is 8.09. The van der Waals surface area contributed by atoms with Gasteiger partial charge in [0.15, 0.2) is 5.79 Å². The van der Waals surface area contributed by atoms with Crippen molar-refractivity contribution in [3.05, 3.63) is 0 Å². The lowest BCUT2D eigenvalue weighted by molar-refractivity contribution is -0.268. The molecule has 1 spiro atoms. The number of alkyl halides is 2. The van der Waals surface area contributed by atoms with E-state index in [1.165, 1.54) is 19.8 Å². The predicted octanol–water partition coefficient (Wildman–Crippen LogP) is 6.08. The summed E-state index contributed by atoms with van der Waals surface area (Å²) in [6, 6.07) is 0. The van der Waals surface area contributed by atoms with Gasteiger partial charge in [-0.3, -0.25) is 4.79 Å². The molecule has 6 fully saturated rings. The summed E-state index contributed by atoms with van der Waals surface area (Å²) in [7, 11) is 0. The maximum atomic E-state index is 12.2. The summed E-state index contributed by atoms with van der Waals surface area (Å²) in [6.45, 7) is 11.7. The Balaban J connectivity index is 1.29. The zero-order valence-corrected chi connectivity index (χ0v) is 25.6. The number of rotatable bonds is 1. The van der Waals surface area contributed by atoms with E-state index in [4.69, 9.17) is 14.2 Å². The normalized spacial score (nSPS) is 60.1. The second kappa shape index (κ2) is 8.91. The van der Waals surface area contributed by atoms with Gasteiger partial charge in [0.2, 0.25) is 0 Å². The van der Waals surface area contributed by atoms with Gasteiger partial charge < -0.3 is 19.3 Å². The summed E-state index contributed by atoms with van der Waals surface area (Å²) in [5.74, 6) is 2.32. The Bertz CT molecular complexity index is 901. The van der Waals surface area contributed by atoms with Crippen LogP contribution in [0.1, 0.15) is 79.6 Å². The minimum atomic E-state index is -0.576. The molecule has 0 unspecified atom stereocenters. The van der Waals surface area contributed by atoms with Gasteiger partial charge in [0.25, 0.3) is 0 Å². The van der Waals surface area contributed by atoms with E-state index in [1.807, 2.05) is 0 Å². The van der Waals surface area contributed by atoms with Crippen molar-refractivity contribution in [2.24, 2.45) is 52.3 Å². The van der Waals surface area contributed by atoms with Gasteiger partial charge in [-0.2, -0.15) is 0 Å². The lowest BCUT2D eigenvalue weighted by atomic mass is 9.43. The van der Waals surface area contributed by atoms with Crippen LogP contribution in [-0.4, -0.2) is 51.4 Å². The summed E-state index contributed by atoms with van der Waals surface area (Å²) in [4.78, 5) is 11.9. The minimum absolute atomic E-state index is 0.0522. The maximum Gasteiger partial charge on any atom is 0.302 e. The molecule has 4 aliphatic carbocycles. The second-order valence-corrected chi connectivity index (χ2v) is 16.0. The van der Waals surface area contributed by atoms with Crippen molar-refractivity contribution in [1.82, 2.24) is 0 Å². The molecular formula is C29H44Br2O5. The SMILES string of the molecule is CC(=O)O[C@H]1CC[C@@]2(C)[C@@H](CC[C@H]3[C@@H]2[C@H](Br)[C@@H](O)[C@]2(C)[C@@H]4[C@H](C[C@@H]32)O[C@@]2(OC[C@H](C)C[C@@H]2Br)[C@H]4C)C1. The van der Waals surface area contributed by atoms with Gasteiger partial charge >= 0.3 is 5.97 Å². The van der Waals surface area contributed by atoms with Crippen LogP contribution in [0.3, 0.4) is 0 Å². The molecule has 204 valence electrons. The predicted molar refractivity (Wildman–Crippen MR) is 145 cm³/mol. The average molecular weight is 632 g/mol. The molecule has 0 aromatic carbocycles. The Kier molecular flexibility index (Phi) is 6.56. The van der Waals surface area contributed by atoms with E-state index >= 15 is 0 Å². The fourth-order valence-corrected chi connectivity index (χ4v) is 13.5. The third kappa shape index (κ3) is 3.50. The molecular weight excluding hydrogens is 588 g/mol. The Morgan fingerprint density at radius 3 is 2.50 bits per heavy atom. The van der Waals surface area contributed by atoms with Gasteiger partial charge in [-0.1, -0.05) is 59.6 Å². The van der Waals surface area contributed by atoms with Crippen LogP contribution >= 0.6 is 31.9 Å². The highest BCUT2D eigenvalue weighted by atomic mass is 79.9. The number of aliphatic hydroxyl groups excluding tert-OH is 1. The Morgan fingerprint density at radius 2 is 1.81 bits per heavy atom. The number of carbonyl (C=O) groups excluding carboxylic acids is 1. The molecule has 0 aromatic rings. The number of fused-ring (bicyclic) bond motifs is 7. The number of aliphatic hydroxyl groups is 1. The maximum absolute atomic E-state index is 12.2. The second-order valence-electron chi connectivity index (χ2n) is 13.9. The van der Waals surface area contributed by atoms with Crippen molar-refractivity contribution >= 4 is 37.8 Å². The Labute approximate surface area is 233 Å². The number of carbonyl (C=O) groups is 1. The van der Waals surface area contributed by atoms with Crippen molar-refractivity contribution in [3.63, 3.8) is 0 Å². The first-order chi connectivity index (χ1) is 16.9. The summed E-state index contributed by atoms with van der Waals surface area (Å²) in [5.41, 5.74) is -0.0365. The number of ether oxygens (including phenoxy) is 3. The van der Waals surface area contributed by atoms with Gasteiger partial charge in [0.1, 0.15) is 6.10 Å². The van der Waals surface area contributed by atoms with Crippen LogP contribution in [0.2, 0.25) is 0 Å². The third-order valence-electron chi connectivity index (χ3n) is 12.2. The molecule has 2 aliphatic heterocycles. The molecule has 0 radical (unpaired) electrons. The van der Waals surface area contributed by atoms with Crippen LogP contribution in [0.4, 0.5) is 0 Å². The molecule has 7 heteroatoms. The molecule has 0 bridgehead atoms. The van der Waals surface area contributed by atoms with Gasteiger partial charge in [-0.25, -0.2) is 0 Å². The first kappa shape index (κ1) is 26.5. The van der Waals surface area contributed by atoms with E-state index in [0.717, 1.165) is 38.7 Å². The molecule has 1 N–H and O–H groups in total. The molecule has 15 atom stereocenters. The number of hydrogen-bond donors (Lipinski definition) is 1. The lowest BCUT2D eigenvalue weighted by Crippen LogP contribution is -2.64. The third-order valence-corrected chi connectivity index (χ3v) is 14.3. The van der Waals surface area contributed by atoms with Crippen molar-refractivity contribution < 1.29 is 24.1 Å². The molecule has 4 saturated carbocycles. The summed E-state index contributed by atoms with van der Waals surface area (Å²) in [5, 5.41) is 12.2. The van der Waals surface area contributed by atoms with E-state index in [9.17, 15) is 9.90 Å². The van der Waals surface area contributed by atoms with Crippen LogP contribution in [0, 0.1) is 52.3 Å². The van der Waals surface area contributed by atoms with Gasteiger partial charge in [0, 0.05) is 29.0 Å². The van der Waals surface area contributed by atoms with E-state index in [0.29, 0.717) is 29.6 Å². The van der Waals surface area contributed by atoms with Crippen molar-refractivity contribution in [2.45, 2.75) is 113 Å². The van der Waals surface area contributed by atoms with Gasteiger partial charge in [0.05, 0.1) is 23.6 Å². The highest BCUT2D eigenvalue weighted by Crippen LogP contribution is 2.72. The van der Waals surface area contributed by atoms with Crippen molar-refractivity contribution in [3.8, 4) is 0 Å². The minimum Gasteiger partial charge on any atom is -0.463 e. The first-order valence-corrected chi connectivity index (χ1v) is 16.2. The summed E-state index contributed by atoms with van der Waals surface area (Å²) < 4.78 is 19.1. The molecule has 2 heterocycles. The zero-order chi connectivity index (χ0) is 25.8. The molecule has 6 aliphatic rings. The smallest absolute Gasteiger partial charge is 0.302 e. The topological polar surface area (TPSA) is 65.0 Å². The fraction of sp³-hybridized carbons (Fsp3) is 0.966. The zero-order valence-electron chi connectivity index (χ0n) is 22.4. The monoisotopic (exact) mass is 630 g/mol. The molecule has 2 saturated heterocycles. The van der Waals surface area contributed by atoms with Gasteiger partial charge in [-0.15, -0.1) is 0 Å². The van der Waals surface area contributed by atoms with Crippen LogP contribution in [0.15, 0.2) is 0 Å². The van der Waals surface area contributed by atoms with E-state index in [2.05, 4.69) is 59.6 Å². The Hall–Kier alpha value is 0.310. The van der Waals surface area contributed by atoms with E-state index < -0.39 is 11.9 Å². The quantitative estimate of drug-likeness (QED) is 0.281. The summed E-state index contributed by atoms with van der Waals surface area (Å²) in [6.07, 6.45) is 7.22. The molecule has 6 rings (SSSR count). The van der Waals surface area contributed by atoms with Gasteiger partial charge in [-0.05, 0) is 80.0 Å². The largest absolute Gasteiger partial charge is 0.463 e. The number of esters is 1. The fourth-order valence-electron chi connectivity index (χ4n) is 10.7. The molecule has 5 nitrogen and oxygen atoms in total. The first-order valence-electron chi connectivity index (χ1n) is 14.4.